The smallest absolute Gasteiger partial charge is 0.305 e. The lowest BCUT2D eigenvalue weighted by Crippen LogP contribution is -2.43. The van der Waals surface area contributed by atoms with Gasteiger partial charge in [-0.2, -0.15) is 21.6 Å². The molecule has 1 fully saturated rings. The summed E-state index contributed by atoms with van der Waals surface area (Å²) in [5, 5.41) is 0. The fourth-order valence-electron chi connectivity index (χ4n) is 3.78. The molecule has 2 N–H and O–H groups in total. The molecule has 0 bridgehead atoms. The monoisotopic (exact) mass is 565 g/mol. The third-order valence-corrected chi connectivity index (χ3v) is 7.39. The molecule has 3 amide bonds. The number of nitrogens with zero attached hydrogens (tertiary/aromatic N) is 3. The van der Waals surface area contributed by atoms with Gasteiger partial charge in [0.05, 0.1) is 29.8 Å². The number of hydrogen-bond acceptors (Lipinski definition) is 6. The van der Waals surface area contributed by atoms with E-state index < -0.39 is 33.2 Å². The van der Waals surface area contributed by atoms with E-state index in [1.165, 1.54) is 61.5 Å². The topological polar surface area (TPSA) is 112 Å². The molecule has 0 aliphatic carbocycles. The van der Waals surface area contributed by atoms with Crippen LogP contribution in [0.2, 0.25) is 0 Å². The molecule has 2 heterocycles. The van der Waals surface area contributed by atoms with E-state index in [9.17, 15) is 31.2 Å². The third kappa shape index (κ3) is 6.02. The van der Waals surface area contributed by atoms with Crippen molar-refractivity contribution in [3.05, 3.63) is 78.6 Å². The molecule has 0 spiro atoms. The second kappa shape index (κ2) is 10.2. The Labute approximate surface area is 221 Å². The van der Waals surface area contributed by atoms with Gasteiger partial charge in [-0.05, 0) is 73.6 Å². The highest BCUT2D eigenvalue weighted by Crippen LogP contribution is 2.39. The number of aromatic nitrogens is 1. The normalized spacial score (nSPS) is 15.6. The first-order valence-electron chi connectivity index (χ1n) is 11.1. The highest BCUT2D eigenvalue weighted by molar-refractivity contribution is 8.00. The summed E-state index contributed by atoms with van der Waals surface area (Å²) in [6.07, 6.45) is 2.70. The first-order chi connectivity index (χ1) is 17.8. The van der Waals surface area contributed by atoms with Crippen molar-refractivity contribution in [1.29, 1.82) is 0 Å². The van der Waals surface area contributed by atoms with Gasteiger partial charge >= 0.3 is 21.7 Å². The van der Waals surface area contributed by atoms with E-state index in [4.69, 9.17) is 0 Å². The number of thioether (sulfide) groups is 1. The SMILES string of the molecule is CC1(C)C(=O)N(c2ccc(SC(F)(F)F)cc2)C(=O)N1Cc1ccncc1NS(=O)(=O)Nc1ccccc1. The maximum atomic E-state index is 13.4. The Morgan fingerprint density at radius 3 is 2.26 bits per heavy atom. The maximum Gasteiger partial charge on any atom is 0.446 e. The van der Waals surface area contributed by atoms with Gasteiger partial charge in [0.2, 0.25) is 0 Å². The summed E-state index contributed by atoms with van der Waals surface area (Å²) < 4.78 is 68.1. The number of nitrogens with one attached hydrogen (secondary N) is 2. The zero-order valence-corrected chi connectivity index (χ0v) is 21.7. The number of carbonyl (C=O) groups excluding carboxylic acids is 2. The van der Waals surface area contributed by atoms with Crippen molar-refractivity contribution in [2.45, 2.75) is 36.3 Å². The molecule has 0 saturated carbocycles. The van der Waals surface area contributed by atoms with Crippen molar-refractivity contribution in [3.63, 3.8) is 0 Å². The van der Waals surface area contributed by atoms with Crippen molar-refractivity contribution in [2.75, 3.05) is 14.3 Å². The van der Waals surface area contributed by atoms with Crippen LogP contribution in [0.15, 0.2) is 78.0 Å². The minimum Gasteiger partial charge on any atom is -0.305 e. The van der Waals surface area contributed by atoms with Crippen LogP contribution in [0.3, 0.4) is 0 Å². The molecule has 4 rings (SSSR count). The lowest BCUT2D eigenvalue weighted by atomic mass is 10.0. The van der Waals surface area contributed by atoms with Crippen molar-refractivity contribution in [3.8, 4) is 0 Å². The van der Waals surface area contributed by atoms with Gasteiger partial charge < -0.3 is 4.90 Å². The number of alkyl halides is 3. The number of benzene rings is 2. The second-order valence-electron chi connectivity index (χ2n) is 8.72. The molecular weight excluding hydrogens is 543 g/mol. The Kier molecular flexibility index (Phi) is 7.30. The van der Waals surface area contributed by atoms with Crippen LogP contribution in [0.25, 0.3) is 0 Å². The van der Waals surface area contributed by atoms with Gasteiger partial charge in [-0.1, -0.05) is 18.2 Å². The van der Waals surface area contributed by atoms with Crippen LogP contribution in [-0.4, -0.2) is 41.3 Å². The fraction of sp³-hybridized carbons (Fsp3) is 0.208. The lowest BCUT2D eigenvalue weighted by Gasteiger charge is -2.28. The molecule has 0 unspecified atom stereocenters. The summed E-state index contributed by atoms with van der Waals surface area (Å²) in [5.74, 6) is -0.583. The van der Waals surface area contributed by atoms with Crippen molar-refractivity contribution >= 4 is 51.0 Å². The number of hydrogen-bond donors (Lipinski definition) is 2. The van der Waals surface area contributed by atoms with Crippen LogP contribution in [0.5, 0.6) is 0 Å². The second-order valence-corrected chi connectivity index (χ2v) is 11.3. The highest BCUT2D eigenvalue weighted by Gasteiger charge is 2.52. The predicted molar refractivity (Wildman–Crippen MR) is 138 cm³/mol. The van der Waals surface area contributed by atoms with Crippen LogP contribution < -0.4 is 14.3 Å². The van der Waals surface area contributed by atoms with Crippen LogP contribution in [-0.2, 0) is 21.5 Å². The van der Waals surface area contributed by atoms with Gasteiger partial charge in [-0.15, -0.1) is 0 Å². The number of pyridine rings is 1. The summed E-state index contributed by atoms with van der Waals surface area (Å²) in [7, 11) is -4.07. The average molecular weight is 566 g/mol. The van der Waals surface area contributed by atoms with E-state index in [1.54, 1.807) is 30.3 Å². The van der Waals surface area contributed by atoms with Crippen LogP contribution in [0.1, 0.15) is 19.4 Å². The molecule has 1 saturated heterocycles. The molecule has 9 nitrogen and oxygen atoms in total. The number of rotatable bonds is 8. The van der Waals surface area contributed by atoms with Gasteiger partial charge in [0.25, 0.3) is 5.91 Å². The summed E-state index contributed by atoms with van der Waals surface area (Å²) >= 11 is -0.304. The molecule has 1 aromatic heterocycles. The molecule has 0 radical (unpaired) electrons. The van der Waals surface area contributed by atoms with Gasteiger partial charge in [-0.3, -0.25) is 19.2 Å². The Morgan fingerprint density at radius 1 is 0.974 bits per heavy atom. The molecule has 3 aromatic rings. The lowest BCUT2D eigenvalue weighted by molar-refractivity contribution is -0.123. The minimum absolute atomic E-state index is 0.0886. The zero-order valence-electron chi connectivity index (χ0n) is 20.1. The Bertz CT molecular complexity index is 1450. The Hall–Kier alpha value is -3.78. The number of anilines is 3. The zero-order chi connectivity index (χ0) is 27.7. The number of imide groups is 1. The molecule has 38 heavy (non-hydrogen) atoms. The Balaban J connectivity index is 1.56. The average Bonchev–Trinajstić information content (AvgIpc) is 2.99. The molecule has 0 atom stereocenters. The van der Waals surface area contributed by atoms with Crippen molar-refractivity contribution in [2.24, 2.45) is 0 Å². The number of urea groups is 1. The van der Waals surface area contributed by atoms with Crippen molar-refractivity contribution in [1.82, 2.24) is 9.88 Å². The fourth-order valence-corrected chi connectivity index (χ4v) is 5.29. The molecule has 1 aliphatic rings. The Morgan fingerprint density at radius 2 is 1.63 bits per heavy atom. The van der Waals surface area contributed by atoms with E-state index in [0.29, 0.717) is 11.3 Å². The van der Waals surface area contributed by atoms with E-state index in [-0.39, 0.29) is 34.6 Å². The quantitative estimate of drug-likeness (QED) is 0.287. The minimum atomic E-state index is -4.47. The number of halogens is 3. The van der Waals surface area contributed by atoms with Gasteiger partial charge in [0, 0.05) is 11.1 Å². The summed E-state index contributed by atoms with van der Waals surface area (Å²) in [5.41, 5.74) is -4.89. The first-order valence-corrected chi connectivity index (χ1v) is 13.4. The van der Waals surface area contributed by atoms with E-state index >= 15 is 0 Å². The first kappa shape index (κ1) is 27.3. The van der Waals surface area contributed by atoms with Gasteiger partial charge in [0.15, 0.2) is 0 Å². The van der Waals surface area contributed by atoms with E-state index in [1.807, 2.05) is 0 Å². The molecular formula is C24H22F3N5O4S2. The number of para-hydroxylation sites is 1. The summed E-state index contributed by atoms with van der Waals surface area (Å²) in [4.78, 5) is 32.6. The third-order valence-electron chi connectivity index (χ3n) is 5.66. The number of amides is 3. The largest absolute Gasteiger partial charge is 0.446 e. The summed E-state index contributed by atoms with van der Waals surface area (Å²) in [6, 6.07) is 13.9. The van der Waals surface area contributed by atoms with Crippen LogP contribution in [0, 0.1) is 0 Å². The molecule has 1 aliphatic heterocycles. The highest BCUT2D eigenvalue weighted by atomic mass is 32.2. The maximum absolute atomic E-state index is 13.4. The van der Waals surface area contributed by atoms with Crippen molar-refractivity contribution < 1.29 is 31.2 Å². The number of carbonyl (C=O) groups is 2. The predicted octanol–water partition coefficient (Wildman–Crippen LogP) is 5.21. The molecule has 200 valence electrons. The standard InChI is InChI=1S/C24H22F3N5O4S2/c1-23(2)21(33)32(18-8-10-19(11-9-18)37-24(25,26)27)22(34)31(23)15-16-12-13-28-14-20(16)30-38(35,36)29-17-6-4-3-5-7-17/h3-14,29-30H,15H2,1-2H3. The molecule has 2 aromatic carbocycles. The summed E-state index contributed by atoms with van der Waals surface area (Å²) in [6.45, 7) is 2.91. The van der Waals surface area contributed by atoms with Gasteiger partial charge in [-0.25, -0.2) is 9.69 Å². The van der Waals surface area contributed by atoms with Crippen LogP contribution in [0.4, 0.5) is 35.0 Å². The van der Waals surface area contributed by atoms with Gasteiger partial charge in [0.1, 0.15) is 5.54 Å². The molecule has 14 heteroatoms. The van der Waals surface area contributed by atoms with E-state index in [2.05, 4.69) is 14.4 Å². The van der Waals surface area contributed by atoms with Crippen LogP contribution >= 0.6 is 11.8 Å². The van der Waals surface area contributed by atoms with E-state index in [0.717, 1.165) is 4.90 Å².